The summed E-state index contributed by atoms with van der Waals surface area (Å²) in [6, 6.07) is 6.82. The Morgan fingerprint density at radius 1 is 1.26 bits per heavy atom. The van der Waals surface area contributed by atoms with E-state index < -0.39 is 0 Å². The maximum absolute atomic E-state index is 10.7. The Morgan fingerprint density at radius 3 is 2.53 bits per heavy atom. The van der Waals surface area contributed by atoms with E-state index in [1.807, 2.05) is 6.07 Å². The number of rotatable bonds is 4. The van der Waals surface area contributed by atoms with E-state index in [2.05, 4.69) is 9.80 Å². The molecular formula is C12H19ClN4O2. The number of halogens is 1. The highest BCUT2D eigenvalue weighted by molar-refractivity contribution is 5.85. The summed E-state index contributed by atoms with van der Waals surface area (Å²) in [6.45, 7) is 5.29. The number of nitrogens with two attached hydrogens (primary N) is 1. The molecule has 2 N–H and O–H groups in total. The van der Waals surface area contributed by atoms with E-state index in [1.165, 1.54) is 6.07 Å². The smallest absolute Gasteiger partial charge is 0.271 e. The second-order valence-corrected chi connectivity index (χ2v) is 4.39. The van der Waals surface area contributed by atoms with Gasteiger partial charge in [0.1, 0.15) is 0 Å². The minimum atomic E-state index is -0.353. The van der Waals surface area contributed by atoms with Crippen LogP contribution in [0, 0.1) is 10.1 Å². The third kappa shape index (κ3) is 4.05. The Bertz CT molecular complexity index is 422. The number of piperazine rings is 1. The van der Waals surface area contributed by atoms with Crippen molar-refractivity contribution in [2.45, 2.75) is 0 Å². The molecule has 0 spiro atoms. The highest BCUT2D eigenvalue weighted by Gasteiger charge is 2.17. The average molecular weight is 287 g/mol. The van der Waals surface area contributed by atoms with Gasteiger partial charge in [-0.2, -0.15) is 0 Å². The molecule has 6 nitrogen and oxygen atoms in total. The molecular weight excluding hydrogens is 268 g/mol. The van der Waals surface area contributed by atoms with Crippen LogP contribution in [0.3, 0.4) is 0 Å². The molecule has 1 saturated heterocycles. The van der Waals surface area contributed by atoms with Gasteiger partial charge in [0.2, 0.25) is 0 Å². The van der Waals surface area contributed by atoms with Gasteiger partial charge < -0.3 is 10.6 Å². The quantitative estimate of drug-likeness (QED) is 0.662. The molecule has 19 heavy (non-hydrogen) atoms. The van der Waals surface area contributed by atoms with Crippen LogP contribution in [-0.2, 0) is 0 Å². The fourth-order valence-corrected chi connectivity index (χ4v) is 2.22. The number of nitrogens with zero attached hydrogens (tertiary/aromatic N) is 3. The normalized spacial score (nSPS) is 15.9. The van der Waals surface area contributed by atoms with E-state index >= 15 is 0 Å². The predicted octanol–water partition coefficient (Wildman–Crippen LogP) is 1.10. The SMILES string of the molecule is Cl.NCCN1CCN(c2cccc([N+](=O)[O-])c2)CC1. The van der Waals surface area contributed by atoms with Crippen molar-refractivity contribution in [1.82, 2.24) is 4.90 Å². The molecule has 0 amide bonds. The summed E-state index contributed by atoms with van der Waals surface area (Å²) >= 11 is 0. The van der Waals surface area contributed by atoms with Gasteiger partial charge in [-0.25, -0.2) is 0 Å². The Labute approximate surface area is 118 Å². The van der Waals surface area contributed by atoms with Crippen LogP contribution >= 0.6 is 12.4 Å². The second kappa shape index (κ2) is 7.28. The molecule has 0 aromatic heterocycles. The molecule has 1 fully saturated rings. The monoisotopic (exact) mass is 286 g/mol. The summed E-state index contributed by atoms with van der Waals surface area (Å²) in [5.74, 6) is 0. The highest BCUT2D eigenvalue weighted by Crippen LogP contribution is 2.21. The van der Waals surface area contributed by atoms with E-state index in [4.69, 9.17) is 5.73 Å². The van der Waals surface area contributed by atoms with Crippen molar-refractivity contribution in [3.8, 4) is 0 Å². The van der Waals surface area contributed by atoms with Gasteiger partial charge in [-0.3, -0.25) is 15.0 Å². The zero-order valence-electron chi connectivity index (χ0n) is 10.7. The largest absolute Gasteiger partial charge is 0.369 e. The van der Waals surface area contributed by atoms with E-state index in [-0.39, 0.29) is 23.0 Å². The van der Waals surface area contributed by atoms with Crippen LogP contribution in [0.5, 0.6) is 0 Å². The lowest BCUT2D eigenvalue weighted by molar-refractivity contribution is -0.384. The van der Waals surface area contributed by atoms with Crippen LogP contribution in [0.15, 0.2) is 24.3 Å². The fourth-order valence-electron chi connectivity index (χ4n) is 2.22. The first-order chi connectivity index (χ1) is 8.70. The Morgan fingerprint density at radius 2 is 1.95 bits per heavy atom. The molecule has 1 heterocycles. The average Bonchev–Trinajstić information content (AvgIpc) is 2.40. The van der Waals surface area contributed by atoms with Crippen molar-refractivity contribution in [2.24, 2.45) is 5.73 Å². The number of hydrogen-bond donors (Lipinski definition) is 1. The van der Waals surface area contributed by atoms with Gasteiger partial charge in [0.05, 0.1) is 4.92 Å². The Hall–Kier alpha value is -1.37. The fraction of sp³-hybridized carbons (Fsp3) is 0.500. The van der Waals surface area contributed by atoms with Gasteiger partial charge in [0, 0.05) is 57.1 Å². The van der Waals surface area contributed by atoms with Crippen LogP contribution in [0.2, 0.25) is 0 Å². The Kier molecular flexibility index (Phi) is 6.01. The summed E-state index contributed by atoms with van der Waals surface area (Å²) in [5.41, 5.74) is 6.61. The van der Waals surface area contributed by atoms with Crippen LogP contribution in [0.25, 0.3) is 0 Å². The number of nitro benzene ring substituents is 1. The zero-order chi connectivity index (χ0) is 13.0. The predicted molar refractivity (Wildman–Crippen MR) is 78.1 cm³/mol. The van der Waals surface area contributed by atoms with Gasteiger partial charge >= 0.3 is 0 Å². The summed E-state index contributed by atoms with van der Waals surface area (Å²) in [4.78, 5) is 14.9. The third-order valence-electron chi connectivity index (χ3n) is 3.22. The van der Waals surface area contributed by atoms with Crippen molar-refractivity contribution in [1.29, 1.82) is 0 Å². The molecule has 1 aromatic rings. The van der Waals surface area contributed by atoms with E-state index in [9.17, 15) is 10.1 Å². The van der Waals surface area contributed by atoms with Gasteiger partial charge in [-0.15, -0.1) is 12.4 Å². The van der Waals surface area contributed by atoms with Crippen molar-refractivity contribution in [3.05, 3.63) is 34.4 Å². The molecule has 1 aromatic carbocycles. The molecule has 0 aliphatic carbocycles. The first-order valence-electron chi connectivity index (χ1n) is 6.12. The number of nitro groups is 1. The van der Waals surface area contributed by atoms with Gasteiger partial charge in [-0.05, 0) is 6.07 Å². The standard InChI is InChI=1S/C12H18N4O2.ClH/c13-4-5-14-6-8-15(9-7-14)11-2-1-3-12(10-11)16(17)18;/h1-3,10H,4-9,13H2;1H. The molecule has 7 heteroatoms. The van der Waals surface area contributed by atoms with E-state index in [1.54, 1.807) is 12.1 Å². The first-order valence-corrected chi connectivity index (χ1v) is 6.12. The number of hydrogen-bond acceptors (Lipinski definition) is 5. The molecule has 0 saturated carbocycles. The highest BCUT2D eigenvalue weighted by atomic mass is 35.5. The maximum atomic E-state index is 10.7. The van der Waals surface area contributed by atoms with E-state index in [0.29, 0.717) is 6.54 Å². The summed E-state index contributed by atoms with van der Waals surface area (Å²) in [6.07, 6.45) is 0. The first kappa shape index (κ1) is 15.7. The number of non-ortho nitro benzene ring substituents is 1. The lowest BCUT2D eigenvalue weighted by atomic mass is 10.2. The summed E-state index contributed by atoms with van der Waals surface area (Å²) in [7, 11) is 0. The molecule has 0 bridgehead atoms. The van der Waals surface area contributed by atoms with E-state index in [0.717, 1.165) is 38.4 Å². The van der Waals surface area contributed by atoms with Crippen LogP contribution < -0.4 is 10.6 Å². The van der Waals surface area contributed by atoms with Gasteiger partial charge in [0.25, 0.3) is 5.69 Å². The lowest BCUT2D eigenvalue weighted by Crippen LogP contribution is -2.47. The topological polar surface area (TPSA) is 75.6 Å². The Balaban J connectivity index is 0.00000180. The summed E-state index contributed by atoms with van der Waals surface area (Å²) in [5, 5.41) is 10.7. The molecule has 1 aliphatic heterocycles. The molecule has 1 aliphatic rings. The molecule has 2 rings (SSSR count). The minimum absolute atomic E-state index is 0. The third-order valence-corrected chi connectivity index (χ3v) is 3.22. The van der Waals surface area contributed by atoms with Crippen molar-refractivity contribution in [2.75, 3.05) is 44.2 Å². The minimum Gasteiger partial charge on any atom is -0.369 e. The van der Waals surface area contributed by atoms with Crippen molar-refractivity contribution < 1.29 is 4.92 Å². The van der Waals surface area contributed by atoms with Crippen LogP contribution in [0.1, 0.15) is 0 Å². The second-order valence-electron chi connectivity index (χ2n) is 4.39. The molecule has 0 radical (unpaired) electrons. The van der Waals surface area contributed by atoms with Crippen LogP contribution in [-0.4, -0.2) is 49.1 Å². The molecule has 106 valence electrons. The number of benzene rings is 1. The lowest BCUT2D eigenvalue weighted by Gasteiger charge is -2.35. The molecule has 0 unspecified atom stereocenters. The number of anilines is 1. The molecule has 0 atom stereocenters. The summed E-state index contributed by atoms with van der Waals surface area (Å²) < 4.78 is 0. The van der Waals surface area contributed by atoms with Crippen molar-refractivity contribution >= 4 is 23.8 Å². The van der Waals surface area contributed by atoms with Crippen LogP contribution in [0.4, 0.5) is 11.4 Å². The van der Waals surface area contributed by atoms with Crippen molar-refractivity contribution in [3.63, 3.8) is 0 Å². The van der Waals surface area contributed by atoms with Gasteiger partial charge in [0.15, 0.2) is 0 Å². The zero-order valence-corrected chi connectivity index (χ0v) is 11.5. The maximum Gasteiger partial charge on any atom is 0.271 e. The van der Waals surface area contributed by atoms with Gasteiger partial charge in [-0.1, -0.05) is 6.07 Å².